The van der Waals surface area contributed by atoms with Crippen molar-refractivity contribution < 1.29 is 14.3 Å². The Morgan fingerprint density at radius 3 is 2.59 bits per heavy atom. The van der Waals surface area contributed by atoms with Gasteiger partial charge in [0, 0.05) is 25.9 Å². The van der Waals surface area contributed by atoms with Crippen LogP contribution >= 0.6 is 0 Å². The van der Waals surface area contributed by atoms with Gasteiger partial charge in [0.1, 0.15) is 5.60 Å². The van der Waals surface area contributed by atoms with Crippen molar-refractivity contribution in [3.05, 3.63) is 29.8 Å². The molecule has 0 fully saturated rings. The molecule has 0 spiro atoms. The van der Waals surface area contributed by atoms with Crippen LogP contribution in [-0.2, 0) is 15.9 Å². The highest BCUT2D eigenvalue weighted by Crippen LogP contribution is 2.15. The molecule has 0 bridgehead atoms. The molecule has 0 unspecified atom stereocenters. The van der Waals surface area contributed by atoms with E-state index in [1.54, 1.807) is 7.11 Å². The number of hydrogen-bond acceptors (Lipinski definition) is 4. The molecule has 124 valence electrons. The Kier molecular flexibility index (Phi) is 7.74. The van der Waals surface area contributed by atoms with Crippen LogP contribution in [0.5, 0.6) is 0 Å². The molecule has 1 aromatic rings. The molecule has 2 N–H and O–H groups in total. The molecular weight excluding hydrogens is 280 g/mol. The van der Waals surface area contributed by atoms with E-state index in [1.807, 2.05) is 32.9 Å². The molecule has 0 radical (unpaired) electrons. The van der Waals surface area contributed by atoms with Crippen LogP contribution in [0.15, 0.2) is 24.3 Å². The van der Waals surface area contributed by atoms with Crippen LogP contribution in [-0.4, -0.2) is 38.5 Å². The molecule has 5 nitrogen and oxygen atoms in total. The van der Waals surface area contributed by atoms with Gasteiger partial charge >= 0.3 is 6.09 Å². The molecule has 0 aromatic heterocycles. The minimum Gasteiger partial charge on any atom is -0.444 e. The van der Waals surface area contributed by atoms with Gasteiger partial charge in [0.05, 0.1) is 6.61 Å². The van der Waals surface area contributed by atoms with E-state index in [4.69, 9.17) is 9.47 Å². The Bertz CT molecular complexity index is 455. The third-order valence-electron chi connectivity index (χ3n) is 2.93. The third kappa shape index (κ3) is 7.88. The van der Waals surface area contributed by atoms with Crippen molar-refractivity contribution in [1.29, 1.82) is 0 Å². The Morgan fingerprint density at radius 1 is 1.18 bits per heavy atom. The number of nitrogens with one attached hydrogen (secondary N) is 2. The number of ether oxygens (including phenoxy) is 2. The second-order valence-corrected chi connectivity index (χ2v) is 6.11. The summed E-state index contributed by atoms with van der Waals surface area (Å²) in [6, 6.07) is 8.20. The first kappa shape index (κ1) is 18.3. The van der Waals surface area contributed by atoms with Crippen LogP contribution < -0.4 is 10.6 Å². The van der Waals surface area contributed by atoms with E-state index in [2.05, 4.69) is 22.8 Å². The Labute approximate surface area is 133 Å². The third-order valence-corrected chi connectivity index (χ3v) is 2.93. The van der Waals surface area contributed by atoms with Gasteiger partial charge in [0.2, 0.25) is 0 Å². The van der Waals surface area contributed by atoms with Gasteiger partial charge in [-0.3, -0.25) is 0 Å². The van der Waals surface area contributed by atoms with Gasteiger partial charge < -0.3 is 20.1 Å². The largest absolute Gasteiger partial charge is 0.444 e. The highest BCUT2D eigenvalue weighted by molar-refractivity contribution is 5.67. The summed E-state index contributed by atoms with van der Waals surface area (Å²) in [7, 11) is 1.71. The van der Waals surface area contributed by atoms with E-state index in [9.17, 15) is 4.79 Å². The molecule has 1 rings (SSSR count). The second-order valence-electron chi connectivity index (χ2n) is 6.11. The molecule has 5 heteroatoms. The van der Waals surface area contributed by atoms with Gasteiger partial charge in [0.25, 0.3) is 0 Å². The maximum atomic E-state index is 11.5. The zero-order valence-electron chi connectivity index (χ0n) is 14.1. The van der Waals surface area contributed by atoms with E-state index < -0.39 is 5.60 Å². The van der Waals surface area contributed by atoms with E-state index in [-0.39, 0.29) is 6.09 Å². The van der Waals surface area contributed by atoms with Crippen molar-refractivity contribution in [2.45, 2.75) is 39.2 Å². The van der Waals surface area contributed by atoms with Gasteiger partial charge in [0.15, 0.2) is 0 Å². The van der Waals surface area contributed by atoms with Crippen molar-refractivity contribution >= 4 is 11.8 Å². The zero-order chi connectivity index (χ0) is 16.4. The average molecular weight is 308 g/mol. The summed E-state index contributed by atoms with van der Waals surface area (Å²) in [5, 5.41) is 6.15. The Morgan fingerprint density at radius 2 is 1.91 bits per heavy atom. The molecule has 0 saturated carbocycles. The molecule has 1 amide bonds. The molecule has 0 aliphatic carbocycles. The number of amides is 1. The monoisotopic (exact) mass is 308 g/mol. The number of carbonyl (C=O) groups excluding carboxylic acids is 1. The number of carbonyl (C=O) groups is 1. The lowest BCUT2D eigenvalue weighted by Gasteiger charge is -2.19. The van der Waals surface area contributed by atoms with Crippen LogP contribution in [0.4, 0.5) is 10.5 Å². The van der Waals surface area contributed by atoms with E-state index in [1.165, 1.54) is 5.56 Å². The molecule has 0 aliphatic rings. The normalized spacial score (nSPS) is 11.1. The number of alkyl carbamates (subject to hydrolysis) is 1. The van der Waals surface area contributed by atoms with Gasteiger partial charge in [-0.25, -0.2) is 4.79 Å². The summed E-state index contributed by atoms with van der Waals surface area (Å²) in [5.41, 5.74) is 1.91. The molecule has 22 heavy (non-hydrogen) atoms. The minimum absolute atomic E-state index is 0.368. The van der Waals surface area contributed by atoms with Gasteiger partial charge in [-0.15, -0.1) is 0 Å². The summed E-state index contributed by atoms with van der Waals surface area (Å²) in [5.74, 6) is 0. The number of anilines is 1. The highest BCUT2D eigenvalue weighted by Gasteiger charge is 2.15. The second kappa shape index (κ2) is 9.30. The highest BCUT2D eigenvalue weighted by atomic mass is 16.6. The fraction of sp³-hybridized carbons (Fsp3) is 0.588. The summed E-state index contributed by atoms with van der Waals surface area (Å²) in [6.07, 6.45) is 1.35. The van der Waals surface area contributed by atoms with Crippen LogP contribution in [0.2, 0.25) is 0 Å². The van der Waals surface area contributed by atoms with E-state index in [0.29, 0.717) is 13.2 Å². The lowest BCUT2D eigenvalue weighted by molar-refractivity contribution is 0.0528. The molecule has 1 aromatic carbocycles. The first-order chi connectivity index (χ1) is 10.4. The van der Waals surface area contributed by atoms with Crippen LogP contribution in [0.25, 0.3) is 0 Å². The summed E-state index contributed by atoms with van der Waals surface area (Å²) >= 11 is 0. The number of methoxy groups -OCH3 is 1. The predicted molar refractivity (Wildman–Crippen MR) is 89.4 cm³/mol. The molecular formula is C17H28N2O3. The number of benzene rings is 1. The maximum absolute atomic E-state index is 11.5. The number of para-hydroxylation sites is 1. The first-order valence-electron chi connectivity index (χ1n) is 7.70. The summed E-state index contributed by atoms with van der Waals surface area (Å²) in [4.78, 5) is 11.5. The van der Waals surface area contributed by atoms with Crippen LogP contribution in [0, 0.1) is 0 Å². The predicted octanol–water partition coefficient (Wildman–Crippen LogP) is 3.20. The lowest BCUT2D eigenvalue weighted by Crippen LogP contribution is -2.33. The zero-order valence-corrected chi connectivity index (χ0v) is 14.1. The van der Waals surface area contributed by atoms with Gasteiger partial charge in [-0.1, -0.05) is 18.2 Å². The molecule has 0 atom stereocenters. The Balaban J connectivity index is 2.26. The SMILES string of the molecule is COCCc1ccccc1NCCCNC(=O)OC(C)(C)C. The lowest BCUT2D eigenvalue weighted by atomic mass is 10.1. The van der Waals surface area contributed by atoms with Gasteiger partial charge in [-0.05, 0) is 45.2 Å². The van der Waals surface area contributed by atoms with Crippen molar-refractivity contribution in [3.8, 4) is 0 Å². The molecule has 0 saturated heterocycles. The van der Waals surface area contributed by atoms with E-state index in [0.717, 1.165) is 25.1 Å². The Hall–Kier alpha value is -1.75. The maximum Gasteiger partial charge on any atom is 0.407 e. The van der Waals surface area contributed by atoms with Gasteiger partial charge in [-0.2, -0.15) is 0 Å². The number of hydrogen-bond donors (Lipinski definition) is 2. The smallest absolute Gasteiger partial charge is 0.407 e. The fourth-order valence-corrected chi connectivity index (χ4v) is 1.94. The van der Waals surface area contributed by atoms with Crippen molar-refractivity contribution in [1.82, 2.24) is 5.32 Å². The van der Waals surface area contributed by atoms with Crippen molar-refractivity contribution in [3.63, 3.8) is 0 Å². The van der Waals surface area contributed by atoms with Crippen LogP contribution in [0.1, 0.15) is 32.8 Å². The molecule has 0 heterocycles. The standard InChI is InChI=1S/C17H28N2O3/c1-17(2,3)22-16(20)19-12-7-11-18-15-9-6-5-8-14(15)10-13-21-4/h5-6,8-9,18H,7,10-13H2,1-4H3,(H,19,20). The number of rotatable bonds is 8. The van der Waals surface area contributed by atoms with Crippen molar-refractivity contribution in [2.24, 2.45) is 0 Å². The first-order valence-corrected chi connectivity index (χ1v) is 7.70. The van der Waals surface area contributed by atoms with Crippen molar-refractivity contribution in [2.75, 3.05) is 32.1 Å². The summed E-state index contributed by atoms with van der Waals surface area (Å²) in [6.45, 7) is 7.64. The average Bonchev–Trinajstić information content (AvgIpc) is 2.44. The minimum atomic E-state index is -0.456. The quantitative estimate of drug-likeness (QED) is 0.724. The summed E-state index contributed by atoms with van der Waals surface area (Å²) < 4.78 is 10.3. The fourth-order valence-electron chi connectivity index (χ4n) is 1.94. The van der Waals surface area contributed by atoms with E-state index >= 15 is 0 Å². The van der Waals surface area contributed by atoms with Crippen LogP contribution in [0.3, 0.4) is 0 Å². The molecule has 0 aliphatic heterocycles. The topological polar surface area (TPSA) is 59.6 Å².